The van der Waals surface area contributed by atoms with E-state index in [4.69, 9.17) is 20.1 Å². The maximum atomic E-state index is 8.86. The molecule has 0 amide bonds. The number of hydrogen-bond acceptors (Lipinski definition) is 6. The second-order valence-corrected chi connectivity index (χ2v) is 5.36. The Morgan fingerprint density at radius 1 is 1.48 bits per heavy atom. The van der Waals surface area contributed by atoms with E-state index in [1.54, 1.807) is 6.07 Å². The van der Waals surface area contributed by atoms with Gasteiger partial charge in [-0.3, -0.25) is 0 Å². The standard InChI is InChI=1S/C14H13N3O3S/c1-8-7-21-11(16-8)6-19-12-9-4-2-3-5-10(9)20-13(12)14(15)17-18/h2-5,7,18H,6H2,1H3,(H2,15,17). The van der Waals surface area contributed by atoms with Gasteiger partial charge in [0.05, 0.1) is 5.39 Å². The lowest BCUT2D eigenvalue weighted by Gasteiger charge is -2.04. The molecule has 0 bridgehead atoms. The number of nitrogens with zero attached hydrogens (tertiary/aromatic N) is 2. The first kappa shape index (κ1) is 13.4. The molecule has 3 N–H and O–H groups in total. The van der Waals surface area contributed by atoms with Crippen molar-refractivity contribution in [2.24, 2.45) is 10.9 Å². The van der Waals surface area contributed by atoms with Crippen molar-refractivity contribution in [3.8, 4) is 5.75 Å². The van der Waals surface area contributed by atoms with E-state index in [2.05, 4.69) is 10.1 Å². The minimum atomic E-state index is -0.128. The number of thiazole rings is 1. The van der Waals surface area contributed by atoms with E-state index in [0.29, 0.717) is 17.9 Å². The molecule has 0 aliphatic carbocycles. The lowest BCUT2D eigenvalue weighted by Crippen LogP contribution is -2.13. The summed E-state index contributed by atoms with van der Waals surface area (Å²) in [5, 5.41) is 15.4. The Kier molecular flexibility index (Phi) is 3.49. The molecule has 1 aromatic carbocycles. The summed E-state index contributed by atoms with van der Waals surface area (Å²) in [4.78, 5) is 4.34. The smallest absolute Gasteiger partial charge is 0.215 e. The normalized spacial score (nSPS) is 12.0. The molecule has 2 aromatic heterocycles. The van der Waals surface area contributed by atoms with Gasteiger partial charge in [-0.25, -0.2) is 4.98 Å². The van der Waals surface area contributed by atoms with E-state index in [0.717, 1.165) is 16.1 Å². The zero-order chi connectivity index (χ0) is 14.8. The molecule has 3 aromatic rings. The van der Waals surface area contributed by atoms with E-state index < -0.39 is 0 Å². The first-order valence-electron chi connectivity index (χ1n) is 6.22. The highest BCUT2D eigenvalue weighted by Gasteiger charge is 2.19. The Balaban J connectivity index is 1.98. The van der Waals surface area contributed by atoms with Crippen molar-refractivity contribution < 1.29 is 14.4 Å². The molecule has 6 nitrogen and oxygen atoms in total. The van der Waals surface area contributed by atoms with Crippen molar-refractivity contribution in [3.63, 3.8) is 0 Å². The molecule has 21 heavy (non-hydrogen) atoms. The molecular formula is C14H13N3O3S. The SMILES string of the molecule is Cc1csc(COc2c(/C(N)=N/O)oc3ccccc23)n1. The van der Waals surface area contributed by atoms with E-state index in [-0.39, 0.29) is 11.6 Å². The summed E-state index contributed by atoms with van der Waals surface area (Å²) >= 11 is 1.52. The van der Waals surface area contributed by atoms with Crippen LogP contribution in [-0.4, -0.2) is 16.0 Å². The minimum absolute atomic E-state index is 0.128. The van der Waals surface area contributed by atoms with Crippen LogP contribution in [0.3, 0.4) is 0 Å². The van der Waals surface area contributed by atoms with E-state index in [1.165, 1.54) is 11.3 Å². The second-order valence-electron chi connectivity index (χ2n) is 4.41. The molecule has 0 spiro atoms. The number of amidine groups is 1. The summed E-state index contributed by atoms with van der Waals surface area (Å²) < 4.78 is 11.4. The Hall–Kier alpha value is -2.54. The number of aromatic nitrogens is 1. The number of hydrogen-bond donors (Lipinski definition) is 2. The fraction of sp³-hybridized carbons (Fsp3) is 0.143. The third-order valence-electron chi connectivity index (χ3n) is 2.90. The maximum Gasteiger partial charge on any atom is 0.215 e. The Labute approximate surface area is 124 Å². The van der Waals surface area contributed by atoms with Crippen LogP contribution in [-0.2, 0) is 6.61 Å². The van der Waals surface area contributed by atoms with Crippen LogP contribution in [0, 0.1) is 6.92 Å². The third kappa shape index (κ3) is 2.55. The predicted molar refractivity (Wildman–Crippen MR) is 79.9 cm³/mol. The molecule has 0 radical (unpaired) electrons. The number of aryl methyl sites for hydroxylation is 1. The van der Waals surface area contributed by atoms with Gasteiger partial charge < -0.3 is 20.1 Å². The fourth-order valence-electron chi connectivity index (χ4n) is 1.98. The van der Waals surface area contributed by atoms with Crippen LogP contribution in [0.1, 0.15) is 16.5 Å². The summed E-state index contributed by atoms with van der Waals surface area (Å²) in [7, 11) is 0. The lowest BCUT2D eigenvalue weighted by molar-refractivity contribution is 0.299. The van der Waals surface area contributed by atoms with Crippen LogP contribution in [0.15, 0.2) is 39.2 Å². The van der Waals surface area contributed by atoms with Crippen molar-refractivity contribution in [1.82, 2.24) is 4.98 Å². The van der Waals surface area contributed by atoms with Crippen molar-refractivity contribution in [3.05, 3.63) is 46.1 Å². The van der Waals surface area contributed by atoms with E-state index in [9.17, 15) is 0 Å². The topological polar surface area (TPSA) is 93.9 Å². The molecule has 0 atom stereocenters. The largest absolute Gasteiger partial charge is 0.482 e. The van der Waals surface area contributed by atoms with Crippen molar-refractivity contribution in [2.75, 3.05) is 0 Å². The Morgan fingerprint density at radius 3 is 3.00 bits per heavy atom. The number of nitrogens with two attached hydrogens (primary N) is 1. The highest BCUT2D eigenvalue weighted by molar-refractivity contribution is 7.09. The monoisotopic (exact) mass is 303 g/mol. The van der Waals surface area contributed by atoms with Gasteiger partial charge in [-0.1, -0.05) is 17.3 Å². The van der Waals surface area contributed by atoms with Crippen LogP contribution in [0.25, 0.3) is 11.0 Å². The zero-order valence-electron chi connectivity index (χ0n) is 11.2. The van der Waals surface area contributed by atoms with E-state index in [1.807, 2.05) is 30.5 Å². The van der Waals surface area contributed by atoms with Gasteiger partial charge in [0.25, 0.3) is 0 Å². The summed E-state index contributed by atoms with van der Waals surface area (Å²) in [6.07, 6.45) is 0. The summed E-state index contributed by atoms with van der Waals surface area (Å²) in [6, 6.07) is 7.36. The summed E-state index contributed by atoms with van der Waals surface area (Å²) in [5.41, 5.74) is 7.21. The molecule has 0 saturated carbocycles. The van der Waals surface area contributed by atoms with Crippen LogP contribution < -0.4 is 10.5 Å². The second kappa shape index (κ2) is 5.45. The average molecular weight is 303 g/mol. The predicted octanol–water partition coefficient (Wildman–Crippen LogP) is 2.87. The van der Waals surface area contributed by atoms with Gasteiger partial charge in [-0.05, 0) is 19.1 Å². The molecule has 108 valence electrons. The fourth-order valence-corrected chi connectivity index (χ4v) is 2.67. The first-order valence-corrected chi connectivity index (χ1v) is 7.10. The molecular weight excluding hydrogens is 290 g/mol. The number of ether oxygens (including phenoxy) is 1. The number of fused-ring (bicyclic) bond motifs is 1. The van der Waals surface area contributed by atoms with Crippen LogP contribution in [0.4, 0.5) is 0 Å². The van der Waals surface area contributed by atoms with Crippen LogP contribution in [0.2, 0.25) is 0 Å². The van der Waals surface area contributed by atoms with Gasteiger partial charge in [0.1, 0.15) is 17.2 Å². The Morgan fingerprint density at radius 2 is 2.29 bits per heavy atom. The molecule has 0 aliphatic heterocycles. The van der Waals surface area contributed by atoms with Gasteiger partial charge >= 0.3 is 0 Å². The van der Waals surface area contributed by atoms with Crippen LogP contribution in [0.5, 0.6) is 5.75 Å². The molecule has 0 aliphatic rings. The lowest BCUT2D eigenvalue weighted by atomic mass is 10.2. The third-order valence-corrected chi connectivity index (χ3v) is 3.84. The molecule has 2 heterocycles. The van der Waals surface area contributed by atoms with Gasteiger partial charge in [-0.15, -0.1) is 11.3 Å². The number of rotatable bonds is 4. The molecule has 0 unspecified atom stereocenters. The quantitative estimate of drug-likeness (QED) is 0.334. The van der Waals surface area contributed by atoms with E-state index >= 15 is 0 Å². The number of oxime groups is 1. The highest BCUT2D eigenvalue weighted by Crippen LogP contribution is 2.33. The number of para-hydroxylation sites is 1. The summed E-state index contributed by atoms with van der Waals surface area (Å²) in [5.74, 6) is 0.539. The maximum absolute atomic E-state index is 8.86. The number of benzene rings is 1. The minimum Gasteiger partial charge on any atom is -0.482 e. The number of furan rings is 1. The molecule has 0 fully saturated rings. The van der Waals surface area contributed by atoms with Crippen LogP contribution >= 0.6 is 11.3 Å². The van der Waals surface area contributed by atoms with Gasteiger partial charge in [0.15, 0.2) is 5.75 Å². The van der Waals surface area contributed by atoms with Crippen molar-refractivity contribution >= 4 is 28.1 Å². The van der Waals surface area contributed by atoms with Crippen molar-refractivity contribution in [2.45, 2.75) is 13.5 Å². The highest BCUT2D eigenvalue weighted by atomic mass is 32.1. The first-order chi connectivity index (χ1) is 10.2. The summed E-state index contributed by atoms with van der Waals surface area (Å²) in [6.45, 7) is 2.23. The van der Waals surface area contributed by atoms with Crippen molar-refractivity contribution in [1.29, 1.82) is 0 Å². The molecule has 3 rings (SSSR count). The van der Waals surface area contributed by atoms with Gasteiger partial charge in [0.2, 0.25) is 11.6 Å². The van der Waals surface area contributed by atoms with Gasteiger partial charge in [0, 0.05) is 11.1 Å². The molecule has 0 saturated heterocycles. The molecule has 7 heteroatoms. The van der Waals surface area contributed by atoms with Gasteiger partial charge in [-0.2, -0.15) is 0 Å². The Bertz CT molecular complexity index is 807. The zero-order valence-corrected chi connectivity index (χ0v) is 12.1. The average Bonchev–Trinajstić information content (AvgIpc) is 3.07.